The summed E-state index contributed by atoms with van der Waals surface area (Å²) in [5, 5.41) is 10.5. The lowest BCUT2D eigenvalue weighted by atomic mass is 9.99. The fourth-order valence-corrected chi connectivity index (χ4v) is 11.1. The highest BCUT2D eigenvalue weighted by molar-refractivity contribution is 7.47. The van der Waals surface area contributed by atoms with E-state index in [0.29, 0.717) is 31.6 Å². The van der Waals surface area contributed by atoms with Crippen LogP contribution in [0.3, 0.4) is 0 Å². The summed E-state index contributed by atoms with van der Waals surface area (Å²) in [5.41, 5.74) is 0. The minimum Gasteiger partial charge on any atom is -0.462 e. The molecule has 84 heavy (non-hydrogen) atoms. The summed E-state index contributed by atoms with van der Waals surface area (Å²) in [6.07, 6.45) is 35.0. The largest absolute Gasteiger partial charge is 0.472 e. The zero-order valence-corrected chi connectivity index (χ0v) is 56.3. The van der Waals surface area contributed by atoms with Gasteiger partial charge in [-0.25, -0.2) is 9.13 Å². The van der Waals surface area contributed by atoms with Gasteiger partial charge in [-0.3, -0.25) is 37.3 Å². The van der Waals surface area contributed by atoms with E-state index in [0.717, 1.165) is 120 Å². The Morgan fingerprint density at radius 3 is 0.845 bits per heavy atom. The number of rotatable bonds is 62. The van der Waals surface area contributed by atoms with Crippen molar-refractivity contribution < 1.29 is 80.2 Å². The van der Waals surface area contributed by atoms with Crippen molar-refractivity contribution >= 4 is 39.5 Å². The maximum atomic E-state index is 13.0. The Kier molecular flexibility index (Phi) is 53.9. The number of phosphoric ester groups is 2. The molecule has 0 fully saturated rings. The summed E-state index contributed by atoms with van der Waals surface area (Å²) >= 11 is 0. The molecule has 0 aliphatic rings. The zero-order chi connectivity index (χ0) is 62.5. The third-order valence-electron chi connectivity index (χ3n) is 15.5. The molecule has 0 radical (unpaired) electrons. The van der Waals surface area contributed by atoms with Crippen molar-refractivity contribution in [1.82, 2.24) is 0 Å². The van der Waals surface area contributed by atoms with Gasteiger partial charge in [-0.15, -0.1) is 0 Å². The molecule has 7 atom stereocenters. The first kappa shape index (κ1) is 82.1. The van der Waals surface area contributed by atoms with Crippen molar-refractivity contribution in [3.8, 4) is 0 Å². The van der Waals surface area contributed by atoms with Crippen LogP contribution in [0.1, 0.15) is 312 Å². The summed E-state index contributed by atoms with van der Waals surface area (Å²) in [5.74, 6) is 0.791. The predicted molar refractivity (Wildman–Crippen MR) is 335 cm³/mol. The quantitative estimate of drug-likeness (QED) is 0.0222. The highest BCUT2D eigenvalue weighted by Crippen LogP contribution is 2.45. The molecule has 0 heterocycles. The number of aliphatic hydroxyl groups excluding tert-OH is 1. The van der Waals surface area contributed by atoms with Crippen LogP contribution in [0.15, 0.2) is 0 Å². The molecule has 19 heteroatoms. The van der Waals surface area contributed by atoms with E-state index in [1.54, 1.807) is 0 Å². The monoisotopic (exact) mass is 1240 g/mol. The van der Waals surface area contributed by atoms with Gasteiger partial charge in [0.15, 0.2) is 12.2 Å². The minimum absolute atomic E-state index is 0.103. The van der Waals surface area contributed by atoms with Gasteiger partial charge in [-0.05, 0) is 49.4 Å². The van der Waals surface area contributed by atoms with Crippen molar-refractivity contribution in [3.05, 3.63) is 0 Å². The van der Waals surface area contributed by atoms with Gasteiger partial charge < -0.3 is 33.8 Å². The maximum absolute atomic E-state index is 13.0. The second kappa shape index (κ2) is 55.2. The highest BCUT2D eigenvalue weighted by atomic mass is 31.2. The molecule has 0 aliphatic carbocycles. The van der Waals surface area contributed by atoms with E-state index >= 15 is 0 Å². The van der Waals surface area contributed by atoms with Gasteiger partial charge in [-0.2, -0.15) is 0 Å². The lowest BCUT2D eigenvalue weighted by Gasteiger charge is -2.21. The molecular weight excluding hydrogens is 1110 g/mol. The lowest BCUT2D eigenvalue weighted by molar-refractivity contribution is -0.161. The SMILES string of the molecule is CCC(C)CCCCCCCCCCCCC(=O)O[C@H](COC(=O)CCCCCCCCC(C)C)COP(=O)(O)OC[C@H](O)COP(=O)(O)OC[C@@H](COC(=O)CCCCCCCCC(C)CC)OC(=O)CCCCCCCCCCC(C)C. The summed E-state index contributed by atoms with van der Waals surface area (Å²) in [4.78, 5) is 72.2. The summed E-state index contributed by atoms with van der Waals surface area (Å²) in [6, 6.07) is 0. The molecular formula is C65H126O17P2. The first-order valence-electron chi connectivity index (χ1n) is 33.8. The Morgan fingerprint density at radius 1 is 0.333 bits per heavy atom. The first-order valence-corrected chi connectivity index (χ1v) is 36.8. The van der Waals surface area contributed by atoms with Crippen LogP contribution >= 0.6 is 15.6 Å². The summed E-state index contributed by atoms with van der Waals surface area (Å²) in [6.45, 7) is 14.0. The van der Waals surface area contributed by atoms with E-state index in [1.807, 2.05) is 0 Å². The van der Waals surface area contributed by atoms with E-state index < -0.39 is 97.5 Å². The van der Waals surface area contributed by atoms with Crippen molar-refractivity contribution in [3.63, 3.8) is 0 Å². The predicted octanol–water partition coefficient (Wildman–Crippen LogP) is 17.8. The van der Waals surface area contributed by atoms with E-state index in [4.69, 9.17) is 37.0 Å². The third kappa shape index (κ3) is 56.6. The number of phosphoric acid groups is 2. The van der Waals surface area contributed by atoms with Gasteiger partial charge >= 0.3 is 39.5 Å². The Balaban J connectivity index is 5.25. The molecule has 17 nitrogen and oxygen atoms in total. The molecule has 0 aromatic heterocycles. The van der Waals surface area contributed by atoms with Crippen molar-refractivity contribution in [2.75, 3.05) is 39.6 Å². The number of carbonyl (C=O) groups is 4. The number of aliphatic hydroxyl groups is 1. The number of unbranched alkanes of at least 4 members (excludes halogenated alkanes) is 26. The Hall–Kier alpha value is -1.94. The fourth-order valence-electron chi connectivity index (χ4n) is 9.54. The highest BCUT2D eigenvalue weighted by Gasteiger charge is 2.30. The van der Waals surface area contributed by atoms with Crippen LogP contribution in [0, 0.1) is 23.7 Å². The van der Waals surface area contributed by atoms with Crippen LogP contribution in [-0.4, -0.2) is 96.7 Å². The molecule has 4 unspecified atom stereocenters. The minimum atomic E-state index is -4.95. The fraction of sp³-hybridized carbons (Fsp3) is 0.938. The smallest absolute Gasteiger partial charge is 0.462 e. The average Bonchev–Trinajstić information content (AvgIpc) is 3.60. The molecule has 0 aromatic carbocycles. The van der Waals surface area contributed by atoms with E-state index in [1.165, 1.54) is 103 Å². The number of hydrogen-bond acceptors (Lipinski definition) is 15. The summed E-state index contributed by atoms with van der Waals surface area (Å²) in [7, 11) is -9.89. The van der Waals surface area contributed by atoms with Crippen LogP contribution in [0.25, 0.3) is 0 Å². The van der Waals surface area contributed by atoms with Crippen molar-refractivity contribution in [1.29, 1.82) is 0 Å². The van der Waals surface area contributed by atoms with E-state index in [2.05, 4.69) is 55.4 Å². The van der Waals surface area contributed by atoms with Gasteiger partial charge in [-0.1, -0.05) is 261 Å². The van der Waals surface area contributed by atoms with E-state index in [-0.39, 0.29) is 25.7 Å². The van der Waals surface area contributed by atoms with Crippen LogP contribution in [-0.2, 0) is 65.4 Å². The average molecular weight is 1240 g/mol. The third-order valence-corrected chi connectivity index (χ3v) is 17.4. The standard InChI is InChI=1S/C65H126O17P2/c1-9-57(7)43-35-27-18-13-11-12-14-19-31-39-47-64(69)81-60(51-75-62(67)45-37-29-23-21-26-34-42-56(5)6)53-79-83(71,72)77-49-59(66)50-78-84(73,74)80-54-61(52-76-63(68)46-38-30-24-22-28-36-44-58(8)10-2)82-65(70)48-40-32-20-16-15-17-25-33-41-55(3)4/h55-61,66H,9-54H2,1-8H3,(H,71,72)(H,73,74)/t57?,58?,59-,60+,61+/m0/s1. The molecule has 0 aromatic rings. The maximum Gasteiger partial charge on any atom is 0.472 e. The molecule has 498 valence electrons. The first-order chi connectivity index (χ1) is 40.2. The van der Waals surface area contributed by atoms with Crippen LogP contribution in [0.2, 0.25) is 0 Å². The van der Waals surface area contributed by atoms with Gasteiger partial charge in [0.25, 0.3) is 0 Å². The van der Waals surface area contributed by atoms with Gasteiger partial charge in [0, 0.05) is 25.7 Å². The molecule has 0 saturated carbocycles. The van der Waals surface area contributed by atoms with Gasteiger partial charge in [0.05, 0.1) is 26.4 Å². The van der Waals surface area contributed by atoms with Crippen molar-refractivity contribution in [2.24, 2.45) is 23.7 Å². The topological polar surface area (TPSA) is 237 Å². The lowest BCUT2D eigenvalue weighted by Crippen LogP contribution is -2.30. The number of esters is 4. The molecule has 0 bridgehead atoms. The van der Waals surface area contributed by atoms with Crippen LogP contribution < -0.4 is 0 Å². The van der Waals surface area contributed by atoms with E-state index in [9.17, 15) is 43.2 Å². The van der Waals surface area contributed by atoms with Crippen molar-refractivity contribution in [2.45, 2.75) is 331 Å². The second-order valence-electron chi connectivity index (χ2n) is 24.9. The Labute approximate surface area is 511 Å². The summed E-state index contributed by atoms with van der Waals surface area (Å²) < 4.78 is 68.0. The molecule has 0 spiro atoms. The van der Waals surface area contributed by atoms with Crippen LogP contribution in [0.4, 0.5) is 0 Å². The normalized spacial score (nSPS) is 15.1. The molecule has 0 amide bonds. The Morgan fingerprint density at radius 2 is 0.571 bits per heavy atom. The molecule has 3 N–H and O–H groups in total. The zero-order valence-electron chi connectivity index (χ0n) is 54.5. The van der Waals surface area contributed by atoms with Crippen LogP contribution in [0.5, 0.6) is 0 Å². The Bertz CT molecular complexity index is 1680. The number of hydrogen-bond donors (Lipinski definition) is 3. The van der Waals surface area contributed by atoms with Gasteiger partial charge in [0.2, 0.25) is 0 Å². The molecule has 0 aliphatic heterocycles. The number of carbonyl (C=O) groups excluding carboxylic acids is 4. The molecule has 0 rings (SSSR count). The second-order valence-corrected chi connectivity index (χ2v) is 27.8. The number of ether oxygens (including phenoxy) is 4. The molecule has 0 saturated heterocycles. The van der Waals surface area contributed by atoms with Gasteiger partial charge in [0.1, 0.15) is 19.3 Å².